The first kappa shape index (κ1) is 19.3. The second kappa shape index (κ2) is 8.55. The van der Waals surface area contributed by atoms with Crippen LogP contribution in [-0.4, -0.2) is 55.1 Å². The third-order valence-electron chi connectivity index (χ3n) is 4.80. The number of hydrogen-bond donors (Lipinski definition) is 1. The summed E-state index contributed by atoms with van der Waals surface area (Å²) in [5.41, 5.74) is 1.52. The van der Waals surface area contributed by atoms with Gasteiger partial charge in [-0.25, -0.2) is 9.37 Å². The summed E-state index contributed by atoms with van der Waals surface area (Å²) < 4.78 is 15.2. The molecule has 5 nitrogen and oxygen atoms in total. The number of nitrogens with one attached hydrogen (secondary N) is 1. The predicted molar refractivity (Wildman–Crippen MR) is 115 cm³/mol. The highest BCUT2D eigenvalue weighted by Gasteiger charge is 2.20. The van der Waals surface area contributed by atoms with Gasteiger partial charge in [-0.15, -0.1) is 0 Å². The first-order valence-electron chi connectivity index (χ1n) is 9.16. The molecule has 0 spiro atoms. The molecule has 1 fully saturated rings. The van der Waals surface area contributed by atoms with Gasteiger partial charge in [-0.3, -0.25) is 9.69 Å². The van der Waals surface area contributed by atoms with Gasteiger partial charge in [-0.05, 0) is 42.5 Å². The van der Waals surface area contributed by atoms with Crippen molar-refractivity contribution < 1.29 is 9.18 Å². The number of carbonyl (C=O) groups is 1. The third kappa shape index (κ3) is 4.51. The van der Waals surface area contributed by atoms with E-state index in [0.717, 1.165) is 47.8 Å². The van der Waals surface area contributed by atoms with Crippen molar-refractivity contribution in [3.05, 3.63) is 58.3 Å². The lowest BCUT2D eigenvalue weighted by atomic mass is 10.2. The van der Waals surface area contributed by atoms with Crippen LogP contribution in [0.5, 0.6) is 0 Å². The Kier molecular flexibility index (Phi) is 5.89. The Hall–Kier alpha value is -2.03. The van der Waals surface area contributed by atoms with Crippen LogP contribution in [0.15, 0.2) is 46.9 Å². The van der Waals surface area contributed by atoms with Gasteiger partial charge in [0.1, 0.15) is 5.82 Å². The molecule has 4 rings (SSSR count). The molecule has 3 aromatic rings. The maximum Gasteiger partial charge on any atom is 0.251 e. The highest BCUT2D eigenvalue weighted by Crippen LogP contribution is 2.31. The van der Waals surface area contributed by atoms with Gasteiger partial charge < -0.3 is 10.2 Å². The van der Waals surface area contributed by atoms with Crippen molar-refractivity contribution >= 4 is 48.5 Å². The Morgan fingerprint density at radius 3 is 2.64 bits per heavy atom. The van der Waals surface area contributed by atoms with Gasteiger partial charge in [0.05, 0.1) is 10.2 Å². The molecule has 0 atom stereocenters. The number of anilines is 1. The van der Waals surface area contributed by atoms with Crippen LogP contribution < -0.4 is 10.2 Å². The molecule has 1 amide bonds. The fraction of sp³-hybridized carbons (Fsp3) is 0.300. The smallest absolute Gasteiger partial charge is 0.251 e. The number of nitrogens with zero attached hydrogens (tertiary/aromatic N) is 3. The molecule has 0 aliphatic carbocycles. The SMILES string of the molecule is O=C(NCCN1CCN(c2nc3ccc(Br)cc3s2)CC1)c1ccc(F)cc1. The van der Waals surface area contributed by atoms with Crippen molar-refractivity contribution in [2.24, 2.45) is 0 Å². The number of carbonyl (C=O) groups excluding carboxylic acids is 1. The molecule has 2 heterocycles. The summed E-state index contributed by atoms with van der Waals surface area (Å²) in [7, 11) is 0. The van der Waals surface area contributed by atoms with E-state index in [1.165, 1.54) is 29.0 Å². The van der Waals surface area contributed by atoms with Crippen molar-refractivity contribution in [2.45, 2.75) is 0 Å². The van der Waals surface area contributed by atoms with E-state index in [1.807, 2.05) is 12.1 Å². The van der Waals surface area contributed by atoms with Crippen LogP contribution in [-0.2, 0) is 0 Å². The van der Waals surface area contributed by atoms with Gasteiger partial charge in [0.2, 0.25) is 0 Å². The van der Waals surface area contributed by atoms with E-state index >= 15 is 0 Å². The highest BCUT2D eigenvalue weighted by atomic mass is 79.9. The van der Waals surface area contributed by atoms with E-state index < -0.39 is 0 Å². The number of aromatic nitrogens is 1. The molecule has 28 heavy (non-hydrogen) atoms. The third-order valence-corrected chi connectivity index (χ3v) is 6.37. The summed E-state index contributed by atoms with van der Waals surface area (Å²) >= 11 is 5.23. The maximum atomic E-state index is 12.9. The molecule has 0 bridgehead atoms. The van der Waals surface area contributed by atoms with E-state index in [0.29, 0.717) is 12.1 Å². The predicted octanol–water partition coefficient (Wildman–Crippen LogP) is 3.75. The standard InChI is InChI=1S/C20H20BrFN4OS/c21-15-3-6-17-18(13-15)28-20(24-17)26-11-9-25(10-12-26)8-7-23-19(27)14-1-4-16(22)5-2-14/h1-6,13H,7-12H2,(H,23,27). The zero-order valence-electron chi connectivity index (χ0n) is 15.2. The molecule has 2 aromatic carbocycles. The van der Waals surface area contributed by atoms with Crippen molar-refractivity contribution in [1.29, 1.82) is 0 Å². The molecule has 1 N–H and O–H groups in total. The molecule has 0 radical (unpaired) electrons. The number of benzene rings is 2. The molecule has 0 unspecified atom stereocenters. The molecule has 1 aliphatic rings. The van der Waals surface area contributed by atoms with Gasteiger partial charge >= 0.3 is 0 Å². The van der Waals surface area contributed by atoms with E-state index in [1.54, 1.807) is 11.3 Å². The fourth-order valence-corrected chi connectivity index (χ4v) is 4.78. The number of fused-ring (bicyclic) bond motifs is 1. The Labute approximate surface area is 175 Å². The van der Waals surface area contributed by atoms with Crippen LogP contribution in [0.3, 0.4) is 0 Å². The molecule has 1 aromatic heterocycles. The second-order valence-corrected chi connectivity index (χ2v) is 8.62. The van der Waals surface area contributed by atoms with Crippen LogP contribution in [0.2, 0.25) is 0 Å². The van der Waals surface area contributed by atoms with Crippen molar-refractivity contribution in [3.8, 4) is 0 Å². The lowest BCUT2D eigenvalue weighted by Gasteiger charge is -2.34. The summed E-state index contributed by atoms with van der Waals surface area (Å²) in [4.78, 5) is 21.5. The van der Waals surface area contributed by atoms with Gasteiger partial charge in [-0.1, -0.05) is 27.3 Å². The van der Waals surface area contributed by atoms with Crippen molar-refractivity contribution in [1.82, 2.24) is 15.2 Å². The molecular formula is C20H20BrFN4OS. The number of thiazole rings is 1. The molecule has 1 aliphatic heterocycles. The minimum Gasteiger partial charge on any atom is -0.351 e. The number of amides is 1. The van der Waals surface area contributed by atoms with Crippen LogP contribution in [0, 0.1) is 5.82 Å². The monoisotopic (exact) mass is 462 g/mol. The van der Waals surface area contributed by atoms with Crippen LogP contribution in [0.1, 0.15) is 10.4 Å². The summed E-state index contributed by atoms with van der Waals surface area (Å²) in [6.07, 6.45) is 0. The zero-order chi connectivity index (χ0) is 19.5. The number of rotatable bonds is 5. The molecule has 0 saturated carbocycles. The lowest BCUT2D eigenvalue weighted by Crippen LogP contribution is -2.48. The average Bonchev–Trinajstić information content (AvgIpc) is 3.12. The van der Waals surface area contributed by atoms with Crippen LogP contribution in [0.4, 0.5) is 9.52 Å². The van der Waals surface area contributed by atoms with Crippen molar-refractivity contribution in [3.63, 3.8) is 0 Å². The molecule has 1 saturated heterocycles. The van der Waals surface area contributed by atoms with E-state index in [9.17, 15) is 9.18 Å². The fourth-order valence-electron chi connectivity index (χ4n) is 3.22. The Morgan fingerprint density at radius 2 is 1.89 bits per heavy atom. The van der Waals surface area contributed by atoms with E-state index in [-0.39, 0.29) is 11.7 Å². The summed E-state index contributed by atoms with van der Waals surface area (Å²) in [6.45, 7) is 5.09. The van der Waals surface area contributed by atoms with Crippen molar-refractivity contribution in [2.75, 3.05) is 44.2 Å². The topological polar surface area (TPSA) is 48.5 Å². The largest absolute Gasteiger partial charge is 0.351 e. The van der Waals surface area contributed by atoms with Gasteiger partial charge in [0.15, 0.2) is 5.13 Å². The number of halogens is 2. The van der Waals surface area contributed by atoms with Gasteiger partial charge in [0.25, 0.3) is 5.91 Å². The van der Waals surface area contributed by atoms with E-state index in [2.05, 4.69) is 37.1 Å². The first-order chi connectivity index (χ1) is 13.6. The maximum absolute atomic E-state index is 12.9. The first-order valence-corrected chi connectivity index (χ1v) is 10.8. The number of hydrogen-bond acceptors (Lipinski definition) is 5. The normalized spacial score (nSPS) is 15.1. The second-order valence-electron chi connectivity index (χ2n) is 6.70. The Bertz CT molecular complexity index is 970. The minimum absolute atomic E-state index is 0.167. The highest BCUT2D eigenvalue weighted by molar-refractivity contribution is 9.10. The van der Waals surface area contributed by atoms with Gasteiger partial charge in [0, 0.05) is 49.3 Å². The quantitative estimate of drug-likeness (QED) is 0.627. The summed E-state index contributed by atoms with van der Waals surface area (Å²) in [6, 6.07) is 11.8. The molecular weight excluding hydrogens is 443 g/mol. The van der Waals surface area contributed by atoms with Gasteiger partial charge in [-0.2, -0.15) is 0 Å². The summed E-state index contributed by atoms with van der Waals surface area (Å²) in [5, 5.41) is 3.97. The lowest BCUT2D eigenvalue weighted by molar-refractivity contribution is 0.0947. The van der Waals surface area contributed by atoms with E-state index in [4.69, 9.17) is 4.98 Å². The van der Waals surface area contributed by atoms with Crippen LogP contribution >= 0.6 is 27.3 Å². The number of piperazine rings is 1. The minimum atomic E-state index is -0.338. The van der Waals surface area contributed by atoms with Crippen LogP contribution in [0.25, 0.3) is 10.2 Å². The Morgan fingerprint density at radius 1 is 1.14 bits per heavy atom. The molecule has 146 valence electrons. The molecule has 8 heteroatoms. The summed E-state index contributed by atoms with van der Waals surface area (Å²) in [5.74, 6) is -0.505. The zero-order valence-corrected chi connectivity index (χ0v) is 17.6. The Balaban J connectivity index is 1.24. The average molecular weight is 463 g/mol.